The molecule has 0 saturated heterocycles. The van der Waals surface area contributed by atoms with Crippen molar-refractivity contribution in [1.82, 2.24) is 15.0 Å². The third-order valence-electron chi connectivity index (χ3n) is 5.72. The van der Waals surface area contributed by atoms with Crippen molar-refractivity contribution in [3.63, 3.8) is 0 Å². The summed E-state index contributed by atoms with van der Waals surface area (Å²) in [5.74, 6) is 0.509. The van der Waals surface area contributed by atoms with Crippen LogP contribution in [0.3, 0.4) is 0 Å². The molecule has 7 heteroatoms. The monoisotopic (exact) mass is 484 g/mol. The Labute approximate surface area is 205 Å². The predicted molar refractivity (Wildman–Crippen MR) is 139 cm³/mol. The number of fused-ring (bicyclic) bond motifs is 1. The van der Waals surface area contributed by atoms with E-state index in [0.29, 0.717) is 10.7 Å². The number of rotatable bonds is 5. The maximum Gasteiger partial charge on any atom is 0.151 e. The summed E-state index contributed by atoms with van der Waals surface area (Å²) in [5, 5.41) is 2.73. The smallest absolute Gasteiger partial charge is 0.151 e. The first kappa shape index (κ1) is 22.2. The normalized spacial score (nSPS) is 12.0. The molecule has 1 atom stereocenters. The van der Waals surface area contributed by atoms with E-state index in [1.54, 1.807) is 18.5 Å². The summed E-state index contributed by atoms with van der Waals surface area (Å²) in [4.78, 5) is 13.3. The Hall–Kier alpha value is -3.61. The molecule has 0 amide bonds. The molecule has 0 aliphatic rings. The summed E-state index contributed by atoms with van der Waals surface area (Å²) >= 11 is 6.33. The molecule has 0 aliphatic carbocycles. The number of hydrogen-bond acceptors (Lipinski definition) is 4. The van der Waals surface area contributed by atoms with E-state index in [4.69, 9.17) is 11.6 Å². The van der Waals surface area contributed by atoms with Crippen LogP contribution in [-0.2, 0) is 11.0 Å². The summed E-state index contributed by atoms with van der Waals surface area (Å²) in [5.41, 5.74) is 6.32. The first-order chi connectivity index (χ1) is 16.5. The van der Waals surface area contributed by atoms with Crippen molar-refractivity contribution in [2.75, 3.05) is 4.72 Å². The van der Waals surface area contributed by atoms with Gasteiger partial charge in [-0.1, -0.05) is 48.0 Å². The van der Waals surface area contributed by atoms with Crippen molar-refractivity contribution in [3.05, 3.63) is 102 Å². The Morgan fingerprint density at radius 2 is 1.65 bits per heavy atom. The third-order valence-corrected chi connectivity index (χ3v) is 7.20. The van der Waals surface area contributed by atoms with Gasteiger partial charge in [0.1, 0.15) is 12.1 Å². The molecule has 34 heavy (non-hydrogen) atoms. The number of aromatic nitrogens is 3. The molecule has 3 aromatic carbocycles. The van der Waals surface area contributed by atoms with Crippen LogP contribution in [0.15, 0.2) is 90.3 Å². The van der Waals surface area contributed by atoms with Crippen molar-refractivity contribution >= 4 is 39.2 Å². The highest BCUT2D eigenvalue weighted by Crippen LogP contribution is 2.33. The Morgan fingerprint density at radius 1 is 0.824 bits per heavy atom. The lowest BCUT2D eigenvalue weighted by atomic mass is 9.95. The van der Waals surface area contributed by atoms with Gasteiger partial charge < -0.3 is 0 Å². The Bertz CT molecular complexity index is 1540. The average Bonchev–Trinajstić information content (AvgIpc) is 2.85. The molecule has 5 aromatic rings. The van der Waals surface area contributed by atoms with Gasteiger partial charge in [0, 0.05) is 28.4 Å². The van der Waals surface area contributed by atoms with Crippen LogP contribution in [0.2, 0.25) is 5.02 Å². The molecule has 0 bridgehead atoms. The Kier molecular flexibility index (Phi) is 6.09. The number of anilines is 1. The SMILES string of the molecule is Cc1ccc(-c2ccc(-c3nccc4cc(S(=O)Nc5ccncn5)ccc34)c(C)c2)cc1Cl. The van der Waals surface area contributed by atoms with Crippen LogP contribution in [0.5, 0.6) is 0 Å². The van der Waals surface area contributed by atoms with Gasteiger partial charge in [-0.15, -0.1) is 0 Å². The van der Waals surface area contributed by atoms with E-state index in [2.05, 4.69) is 50.9 Å². The van der Waals surface area contributed by atoms with E-state index in [0.717, 1.165) is 49.3 Å². The van der Waals surface area contributed by atoms with Gasteiger partial charge in [0.15, 0.2) is 11.0 Å². The number of pyridine rings is 1. The molecule has 168 valence electrons. The number of nitrogens with zero attached hydrogens (tertiary/aromatic N) is 3. The molecule has 5 rings (SSSR count). The first-order valence-corrected chi connectivity index (χ1v) is 12.2. The highest BCUT2D eigenvalue weighted by molar-refractivity contribution is 7.86. The van der Waals surface area contributed by atoms with Crippen molar-refractivity contribution in [3.8, 4) is 22.4 Å². The van der Waals surface area contributed by atoms with Crippen LogP contribution in [0.1, 0.15) is 11.1 Å². The Balaban J connectivity index is 1.49. The maximum atomic E-state index is 12.8. The zero-order valence-electron chi connectivity index (χ0n) is 18.6. The van der Waals surface area contributed by atoms with Crippen LogP contribution in [0.25, 0.3) is 33.2 Å². The number of halogens is 1. The number of nitrogens with one attached hydrogen (secondary N) is 1. The van der Waals surface area contributed by atoms with E-state index in [1.807, 2.05) is 43.3 Å². The molecule has 2 heterocycles. The zero-order chi connectivity index (χ0) is 23.7. The van der Waals surface area contributed by atoms with Crippen molar-refractivity contribution in [2.24, 2.45) is 0 Å². The number of hydrogen-bond donors (Lipinski definition) is 1. The van der Waals surface area contributed by atoms with Crippen LogP contribution in [0.4, 0.5) is 5.82 Å². The summed E-state index contributed by atoms with van der Waals surface area (Å²) in [7, 11) is -1.45. The van der Waals surface area contributed by atoms with Crippen molar-refractivity contribution in [1.29, 1.82) is 0 Å². The molecule has 1 N–H and O–H groups in total. The summed E-state index contributed by atoms with van der Waals surface area (Å²) in [6.07, 6.45) is 4.81. The first-order valence-electron chi connectivity index (χ1n) is 10.7. The topological polar surface area (TPSA) is 67.8 Å². The fourth-order valence-corrected chi connectivity index (χ4v) is 4.91. The second-order valence-corrected chi connectivity index (χ2v) is 9.62. The van der Waals surface area contributed by atoms with Gasteiger partial charge in [-0.25, -0.2) is 14.2 Å². The minimum Gasteiger partial charge on any atom is -0.285 e. The second-order valence-electron chi connectivity index (χ2n) is 8.00. The highest BCUT2D eigenvalue weighted by Gasteiger charge is 2.12. The van der Waals surface area contributed by atoms with Gasteiger partial charge in [-0.3, -0.25) is 9.71 Å². The van der Waals surface area contributed by atoms with E-state index in [1.165, 1.54) is 6.33 Å². The molecule has 0 radical (unpaired) electrons. The molecule has 0 saturated carbocycles. The fourth-order valence-electron chi connectivity index (χ4n) is 3.87. The van der Waals surface area contributed by atoms with Gasteiger partial charge >= 0.3 is 0 Å². The van der Waals surface area contributed by atoms with E-state index in [-0.39, 0.29) is 0 Å². The van der Waals surface area contributed by atoms with Crippen LogP contribution in [-0.4, -0.2) is 19.2 Å². The number of benzene rings is 3. The third kappa shape index (κ3) is 4.42. The number of aryl methyl sites for hydroxylation is 2. The molecule has 0 aliphatic heterocycles. The van der Waals surface area contributed by atoms with Crippen LogP contribution >= 0.6 is 11.6 Å². The lowest BCUT2D eigenvalue weighted by Gasteiger charge is -2.12. The molecular formula is C27H21ClN4OS. The molecule has 5 nitrogen and oxygen atoms in total. The lowest BCUT2D eigenvalue weighted by Crippen LogP contribution is -2.06. The predicted octanol–water partition coefficient (Wildman–Crippen LogP) is 6.76. The van der Waals surface area contributed by atoms with E-state index >= 15 is 0 Å². The molecule has 1 unspecified atom stereocenters. The van der Waals surface area contributed by atoms with Crippen LogP contribution in [0, 0.1) is 13.8 Å². The largest absolute Gasteiger partial charge is 0.285 e. The minimum atomic E-state index is -1.45. The Morgan fingerprint density at radius 3 is 2.41 bits per heavy atom. The lowest BCUT2D eigenvalue weighted by molar-refractivity contribution is 0.686. The van der Waals surface area contributed by atoms with Gasteiger partial charge in [0.05, 0.1) is 10.6 Å². The average molecular weight is 485 g/mol. The van der Waals surface area contributed by atoms with Gasteiger partial charge in [-0.2, -0.15) is 0 Å². The van der Waals surface area contributed by atoms with Crippen molar-refractivity contribution < 1.29 is 4.21 Å². The van der Waals surface area contributed by atoms with Gasteiger partial charge in [-0.05, 0) is 71.8 Å². The maximum absolute atomic E-state index is 12.8. The van der Waals surface area contributed by atoms with Crippen LogP contribution < -0.4 is 4.72 Å². The molecule has 0 fully saturated rings. The molecule has 2 aromatic heterocycles. The van der Waals surface area contributed by atoms with E-state index in [9.17, 15) is 4.21 Å². The van der Waals surface area contributed by atoms with Crippen molar-refractivity contribution in [2.45, 2.75) is 18.7 Å². The summed E-state index contributed by atoms with van der Waals surface area (Å²) < 4.78 is 15.7. The molecule has 0 spiro atoms. The second kappa shape index (κ2) is 9.33. The standard InChI is InChI=1S/C27H21ClN4OS/c1-17-3-4-20(15-25(17)28)19-5-7-23(18(2)13-19)27-24-8-6-22(14-21(24)9-12-30-27)34(33)32-26-10-11-29-16-31-26/h3-16H,1-2H3,(H,29,31,32). The summed E-state index contributed by atoms with van der Waals surface area (Å²) in [6.45, 7) is 4.09. The zero-order valence-corrected chi connectivity index (χ0v) is 20.2. The fraction of sp³-hybridized carbons (Fsp3) is 0.0741. The highest BCUT2D eigenvalue weighted by atomic mass is 35.5. The minimum absolute atomic E-state index is 0.509. The quantitative estimate of drug-likeness (QED) is 0.299. The molecular weight excluding hydrogens is 464 g/mol. The summed E-state index contributed by atoms with van der Waals surface area (Å²) in [6, 6.07) is 21.8. The van der Waals surface area contributed by atoms with Gasteiger partial charge in [0.2, 0.25) is 0 Å². The van der Waals surface area contributed by atoms with Gasteiger partial charge in [0.25, 0.3) is 0 Å². The van der Waals surface area contributed by atoms with E-state index < -0.39 is 11.0 Å².